The van der Waals surface area contributed by atoms with E-state index in [2.05, 4.69) is 36.9 Å². The molecule has 22 nitrogen and oxygen atoms in total. The first-order valence-corrected chi connectivity index (χ1v) is 22.6. The molecule has 14 N–H and O–H groups in total. The zero-order chi connectivity index (χ0) is 48.7. The van der Waals surface area contributed by atoms with E-state index in [-0.39, 0.29) is 81.9 Å². The predicted molar refractivity (Wildman–Crippen MR) is 243 cm³/mol. The van der Waals surface area contributed by atoms with Gasteiger partial charge < -0.3 is 68.4 Å². The van der Waals surface area contributed by atoms with Gasteiger partial charge >= 0.3 is 5.97 Å². The number of para-hydroxylation sites is 1. The number of amides is 7. The fourth-order valence-electron chi connectivity index (χ4n) is 8.42. The van der Waals surface area contributed by atoms with Crippen LogP contribution in [0.25, 0.3) is 10.9 Å². The number of nitrogens with zero attached hydrogens (tertiary/aromatic N) is 2. The Balaban J connectivity index is 1.47. The van der Waals surface area contributed by atoms with Crippen molar-refractivity contribution in [3.8, 4) is 0 Å². The van der Waals surface area contributed by atoms with Crippen molar-refractivity contribution in [3.05, 3.63) is 36.0 Å². The number of aromatic amines is 1. The average Bonchev–Trinajstić information content (AvgIpc) is 4.06. The molecule has 2 aliphatic rings. The van der Waals surface area contributed by atoms with Crippen LogP contribution in [0.3, 0.4) is 0 Å². The number of guanidine groups is 1. The highest BCUT2D eigenvalue weighted by Crippen LogP contribution is 2.23. The molecule has 7 atom stereocenters. The highest BCUT2D eigenvalue weighted by molar-refractivity contribution is 5.98. The van der Waals surface area contributed by atoms with Crippen LogP contribution in [0.15, 0.2) is 30.5 Å². The lowest BCUT2D eigenvalue weighted by molar-refractivity contribution is -0.144. The molecule has 2 aliphatic heterocycles. The molecule has 0 unspecified atom stereocenters. The van der Waals surface area contributed by atoms with Crippen molar-refractivity contribution >= 4 is 64.2 Å². The van der Waals surface area contributed by atoms with Gasteiger partial charge in [-0.1, -0.05) is 45.9 Å². The molecular weight excluding hydrogens is 857 g/mol. The Morgan fingerprint density at radius 3 is 1.92 bits per heavy atom. The fourth-order valence-corrected chi connectivity index (χ4v) is 8.42. The van der Waals surface area contributed by atoms with Crippen LogP contribution in [0, 0.1) is 17.2 Å². The van der Waals surface area contributed by atoms with Gasteiger partial charge in [0.05, 0.1) is 13.2 Å². The number of carboxylic acids is 1. The maximum atomic E-state index is 14.2. The summed E-state index contributed by atoms with van der Waals surface area (Å²) in [5, 5.41) is 44.2. The van der Waals surface area contributed by atoms with Crippen LogP contribution in [0.2, 0.25) is 0 Å². The Bertz CT molecular complexity index is 2060. The third-order valence-electron chi connectivity index (χ3n) is 11.7. The Kier molecular flexibility index (Phi) is 19.7. The number of likely N-dealkylation sites (tertiary alicyclic amines) is 2. The number of aromatic nitrogens is 1. The van der Waals surface area contributed by atoms with Crippen LogP contribution < -0.4 is 43.4 Å². The van der Waals surface area contributed by atoms with Crippen molar-refractivity contribution in [2.24, 2.45) is 23.3 Å². The van der Waals surface area contributed by atoms with Crippen molar-refractivity contribution in [2.75, 3.05) is 32.8 Å². The lowest BCUT2D eigenvalue weighted by Gasteiger charge is -2.32. The molecule has 0 bridgehead atoms. The fraction of sp³-hybridized carbons (Fsp3) is 0.614. The third kappa shape index (κ3) is 14.6. The molecule has 2 fully saturated rings. The summed E-state index contributed by atoms with van der Waals surface area (Å²) in [6, 6.07) is -1.13. The Morgan fingerprint density at radius 2 is 1.32 bits per heavy atom. The summed E-state index contributed by atoms with van der Waals surface area (Å²) in [7, 11) is 0. The molecule has 66 heavy (non-hydrogen) atoms. The maximum absolute atomic E-state index is 14.2. The lowest BCUT2D eigenvalue weighted by Crippen LogP contribution is -2.60. The second kappa shape index (κ2) is 24.8. The quantitative estimate of drug-likeness (QED) is 0.0325. The van der Waals surface area contributed by atoms with E-state index >= 15 is 0 Å². The molecule has 0 aliphatic carbocycles. The molecule has 2 aromatic rings. The highest BCUT2D eigenvalue weighted by atomic mass is 16.4. The minimum absolute atomic E-state index is 0.0262. The SMILES string of the molecule is CC(C)C[C@H](NC(=O)[C@@H]1CCCN1C(=O)[C@H](CC(C)C)NC(=O)[C@@H]1CCCN1C(=O)CN)C(=O)N[C@@H](CCCNC(=N)N)C(=O)N[C@@H](CO)C(=O)N[C@@H](Cc1c[nH]c2ccccc12)C(=O)O. The molecule has 0 spiro atoms. The number of hydrogen-bond acceptors (Lipinski definition) is 11. The van der Waals surface area contributed by atoms with E-state index in [4.69, 9.17) is 16.9 Å². The van der Waals surface area contributed by atoms with E-state index in [0.717, 1.165) is 10.9 Å². The number of carbonyl (C=O) groups excluding carboxylic acids is 7. The van der Waals surface area contributed by atoms with Gasteiger partial charge in [0.1, 0.15) is 42.3 Å². The van der Waals surface area contributed by atoms with Crippen molar-refractivity contribution in [1.29, 1.82) is 5.41 Å². The molecule has 364 valence electrons. The van der Waals surface area contributed by atoms with Crippen LogP contribution in [0.1, 0.15) is 84.6 Å². The standard InChI is InChI=1S/C44H68N12O10/c1-24(2)18-30(51-41(63)35-14-9-17-56(35)42(64)31(19-25(3)4)52-40(62)34-13-8-16-55(34)36(58)21-45)38(60)50-29(12-7-15-48-44(46)47)37(59)54-33(23-57)39(61)53-32(43(65)66)20-26-22-49-28-11-6-5-10-27(26)28/h5-6,10-11,22,24-25,29-35,49,57H,7-9,12-21,23,45H2,1-4H3,(H,50,60)(H,51,63)(H,52,62)(H,53,61)(H,54,59)(H,65,66)(H4,46,47,48)/t29-,30-,31-,32-,33-,34-,35-/m0/s1. The Hall–Kier alpha value is -6.29. The van der Waals surface area contributed by atoms with Crippen molar-refractivity contribution < 1.29 is 48.6 Å². The number of rotatable bonds is 24. The van der Waals surface area contributed by atoms with Gasteiger partial charge in [0, 0.05) is 43.2 Å². The number of fused-ring (bicyclic) bond motifs is 1. The first-order chi connectivity index (χ1) is 31.3. The van der Waals surface area contributed by atoms with Crippen LogP contribution in [-0.4, -0.2) is 153 Å². The van der Waals surface area contributed by atoms with E-state index in [1.807, 2.05) is 39.8 Å². The van der Waals surface area contributed by atoms with Crippen LogP contribution >= 0.6 is 0 Å². The smallest absolute Gasteiger partial charge is 0.326 e. The number of aliphatic hydroxyl groups excluding tert-OH is 1. The lowest BCUT2D eigenvalue weighted by atomic mass is 10.0. The van der Waals surface area contributed by atoms with Gasteiger partial charge in [-0.2, -0.15) is 0 Å². The van der Waals surface area contributed by atoms with E-state index in [1.165, 1.54) is 9.80 Å². The summed E-state index contributed by atoms with van der Waals surface area (Å²) in [5.41, 5.74) is 12.4. The number of H-pyrrole nitrogens is 1. The molecule has 4 rings (SSSR count). The van der Waals surface area contributed by atoms with E-state index in [0.29, 0.717) is 31.4 Å². The number of nitrogens with two attached hydrogens (primary N) is 2. The number of aliphatic carboxylic acids is 1. The number of hydrogen-bond donors (Lipinski definition) is 12. The third-order valence-corrected chi connectivity index (χ3v) is 11.7. The summed E-state index contributed by atoms with van der Waals surface area (Å²) in [6.45, 7) is 7.00. The van der Waals surface area contributed by atoms with Crippen LogP contribution in [0.4, 0.5) is 0 Å². The number of carbonyl (C=O) groups is 8. The van der Waals surface area contributed by atoms with E-state index < -0.39 is 90.3 Å². The average molecular weight is 925 g/mol. The predicted octanol–water partition coefficient (Wildman–Crippen LogP) is -1.49. The van der Waals surface area contributed by atoms with Gasteiger partial charge in [0.2, 0.25) is 41.4 Å². The number of benzene rings is 1. The van der Waals surface area contributed by atoms with Gasteiger partial charge in [0.15, 0.2) is 5.96 Å². The van der Waals surface area contributed by atoms with E-state index in [1.54, 1.807) is 18.3 Å². The summed E-state index contributed by atoms with van der Waals surface area (Å²) in [4.78, 5) is 114. The second-order valence-electron chi connectivity index (χ2n) is 17.8. The molecule has 0 radical (unpaired) electrons. The Labute approximate surface area is 384 Å². The molecule has 1 aromatic carbocycles. The number of aliphatic hydroxyl groups is 1. The van der Waals surface area contributed by atoms with Crippen molar-refractivity contribution in [1.82, 2.24) is 46.7 Å². The van der Waals surface area contributed by atoms with Crippen LogP contribution in [0.5, 0.6) is 0 Å². The topological polar surface area (TPSA) is 347 Å². The molecule has 22 heteroatoms. The first-order valence-electron chi connectivity index (χ1n) is 22.6. The van der Waals surface area contributed by atoms with Crippen molar-refractivity contribution in [2.45, 2.75) is 128 Å². The largest absolute Gasteiger partial charge is 0.480 e. The molecule has 1 aromatic heterocycles. The minimum atomic E-state index is -1.62. The van der Waals surface area contributed by atoms with E-state index in [9.17, 15) is 48.6 Å². The van der Waals surface area contributed by atoms with Gasteiger partial charge in [0.25, 0.3) is 0 Å². The summed E-state index contributed by atoms with van der Waals surface area (Å²) in [6.07, 6.45) is 3.84. The van der Waals surface area contributed by atoms with Gasteiger partial charge in [-0.15, -0.1) is 0 Å². The minimum Gasteiger partial charge on any atom is -0.480 e. The maximum Gasteiger partial charge on any atom is 0.326 e. The monoisotopic (exact) mass is 925 g/mol. The Morgan fingerprint density at radius 1 is 0.773 bits per heavy atom. The summed E-state index contributed by atoms with van der Waals surface area (Å²) in [5.74, 6) is -6.40. The normalized spacial score (nSPS) is 18.2. The number of nitrogens with one attached hydrogen (secondary N) is 8. The summed E-state index contributed by atoms with van der Waals surface area (Å²) >= 11 is 0. The van der Waals surface area contributed by atoms with Gasteiger partial charge in [-0.3, -0.25) is 39.0 Å². The molecular formula is C44H68N12O10. The molecule has 7 amide bonds. The van der Waals surface area contributed by atoms with Gasteiger partial charge in [-0.25, -0.2) is 4.79 Å². The zero-order valence-corrected chi connectivity index (χ0v) is 38.2. The molecule has 3 heterocycles. The zero-order valence-electron chi connectivity index (χ0n) is 38.2. The van der Waals surface area contributed by atoms with Crippen LogP contribution in [-0.2, 0) is 44.8 Å². The molecule has 0 saturated carbocycles. The van der Waals surface area contributed by atoms with Crippen molar-refractivity contribution in [3.63, 3.8) is 0 Å². The van der Waals surface area contributed by atoms with Gasteiger partial charge in [-0.05, 0) is 74.8 Å². The summed E-state index contributed by atoms with van der Waals surface area (Å²) < 4.78 is 0. The second-order valence-corrected chi connectivity index (χ2v) is 17.8. The molecule has 2 saturated heterocycles. The first kappa shape index (κ1) is 52.3. The highest BCUT2D eigenvalue weighted by Gasteiger charge is 2.41. The number of carboxylic acid groups (broad SMARTS) is 1.